The number of carbonyl (C=O) groups is 1. The average Bonchev–Trinajstić information content (AvgIpc) is 2.36. The van der Waals surface area contributed by atoms with Crippen molar-refractivity contribution in [1.82, 2.24) is 4.72 Å². The molecule has 1 aromatic rings. The van der Waals surface area contributed by atoms with Crippen molar-refractivity contribution < 1.29 is 23.1 Å². The molecule has 100 valence electrons. The van der Waals surface area contributed by atoms with Crippen molar-refractivity contribution >= 4 is 16.0 Å². The highest BCUT2D eigenvalue weighted by molar-refractivity contribution is 7.90. The number of hydrogen-bond donors (Lipinski definition) is 2. The molecule has 0 heterocycles. The summed E-state index contributed by atoms with van der Waals surface area (Å²) >= 11 is 0. The van der Waals surface area contributed by atoms with Crippen molar-refractivity contribution in [3.05, 3.63) is 29.8 Å². The van der Waals surface area contributed by atoms with Gasteiger partial charge in [-0.15, -0.1) is 0 Å². The first-order valence-electron chi connectivity index (χ1n) is 5.21. The molecule has 0 amide bonds. The highest BCUT2D eigenvalue weighted by Gasteiger charge is 2.28. The molecule has 0 radical (unpaired) electrons. The topological polar surface area (TPSA) is 92.7 Å². The lowest BCUT2D eigenvalue weighted by Gasteiger charge is -2.11. The van der Waals surface area contributed by atoms with Gasteiger partial charge in [-0.3, -0.25) is 4.79 Å². The molecule has 0 aliphatic carbocycles. The third-order valence-corrected chi connectivity index (χ3v) is 4.08. The van der Waals surface area contributed by atoms with Crippen LogP contribution in [-0.2, 0) is 26.1 Å². The molecule has 18 heavy (non-hydrogen) atoms. The fraction of sp³-hybridized carbons (Fsp3) is 0.364. The largest absolute Gasteiger partial charge is 0.508 e. The van der Waals surface area contributed by atoms with Crippen LogP contribution in [0.3, 0.4) is 0 Å². The second kappa shape index (κ2) is 5.83. The minimum absolute atomic E-state index is 0.0456. The smallest absolute Gasteiger partial charge is 0.325 e. The SMILES string of the molecule is COC(=O)C(C)S(=O)(=O)NCc1ccc(O)cc1. The van der Waals surface area contributed by atoms with E-state index in [9.17, 15) is 13.2 Å². The summed E-state index contributed by atoms with van der Waals surface area (Å²) in [6, 6.07) is 6.07. The maximum absolute atomic E-state index is 11.7. The van der Waals surface area contributed by atoms with E-state index in [1.807, 2.05) is 0 Å². The molecular weight excluding hydrogens is 258 g/mol. The van der Waals surface area contributed by atoms with Gasteiger partial charge in [-0.1, -0.05) is 12.1 Å². The first-order valence-corrected chi connectivity index (χ1v) is 6.75. The van der Waals surface area contributed by atoms with Crippen molar-refractivity contribution in [2.45, 2.75) is 18.7 Å². The first-order chi connectivity index (χ1) is 8.36. The molecule has 0 aromatic heterocycles. The second-order valence-electron chi connectivity index (χ2n) is 3.70. The summed E-state index contributed by atoms with van der Waals surface area (Å²) in [5.74, 6) is -0.710. The number of esters is 1. The Balaban J connectivity index is 2.67. The number of carbonyl (C=O) groups excluding carboxylic acids is 1. The Kier molecular flexibility index (Phi) is 4.69. The van der Waals surface area contributed by atoms with Crippen molar-refractivity contribution in [3.63, 3.8) is 0 Å². The quantitative estimate of drug-likeness (QED) is 0.756. The number of hydrogen-bond acceptors (Lipinski definition) is 5. The first kappa shape index (κ1) is 14.5. The van der Waals surface area contributed by atoms with Crippen LogP contribution in [0.15, 0.2) is 24.3 Å². The summed E-state index contributed by atoms with van der Waals surface area (Å²) in [6.07, 6.45) is 0. The molecule has 0 saturated heterocycles. The predicted octanol–water partition coefficient (Wildman–Crippen LogP) is 0.373. The van der Waals surface area contributed by atoms with Gasteiger partial charge in [0.15, 0.2) is 5.25 Å². The number of phenolic OH excluding ortho intramolecular Hbond substituents is 1. The Hall–Kier alpha value is -1.60. The van der Waals surface area contributed by atoms with Crippen LogP contribution in [-0.4, -0.2) is 31.9 Å². The Morgan fingerprint density at radius 2 is 1.94 bits per heavy atom. The van der Waals surface area contributed by atoms with E-state index in [4.69, 9.17) is 5.11 Å². The van der Waals surface area contributed by atoms with Crippen molar-refractivity contribution in [2.24, 2.45) is 0 Å². The van der Waals surface area contributed by atoms with E-state index in [0.717, 1.165) is 7.11 Å². The summed E-state index contributed by atoms with van der Waals surface area (Å²) in [6.45, 7) is 1.30. The zero-order valence-electron chi connectivity index (χ0n) is 10.1. The van der Waals surface area contributed by atoms with Crippen LogP contribution in [0.2, 0.25) is 0 Å². The van der Waals surface area contributed by atoms with Crippen LogP contribution in [0.25, 0.3) is 0 Å². The lowest BCUT2D eigenvalue weighted by molar-refractivity contribution is -0.139. The van der Waals surface area contributed by atoms with Crippen LogP contribution >= 0.6 is 0 Å². The molecule has 2 N–H and O–H groups in total. The van der Waals surface area contributed by atoms with Gasteiger partial charge in [0.2, 0.25) is 10.0 Å². The minimum Gasteiger partial charge on any atom is -0.508 e. The molecule has 0 aliphatic rings. The minimum atomic E-state index is -3.77. The monoisotopic (exact) mass is 273 g/mol. The van der Waals surface area contributed by atoms with Crippen LogP contribution < -0.4 is 4.72 Å². The summed E-state index contributed by atoms with van der Waals surface area (Å²) in [5.41, 5.74) is 0.674. The van der Waals surface area contributed by atoms with Crippen LogP contribution in [0.5, 0.6) is 5.75 Å². The number of rotatable bonds is 5. The average molecular weight is 273 g/mol. The number of ether oxygens (including phenoxy) is 1. The summed E-state index contributed by atoms with van der Waals surface area (Å²) in [5, 5.41) is 7.81. The van der Waals surface area contributed by atoms with Crippen LogP contribution in [0, 0.1) is 0 Å². The molecule has 0 saturated carbocycles. The summed E-state index contributed by atoms with van der Waals surface area (Å²) in [7, 11) is -2.63. The molecule has 1 rings (SSSR count). The fourth-order valence-electron chi connectivity index (χ4n) is 1.22. The molecule has 6 nitrogen and oxygen atoms in total. The van der Waals surface area contributed by atoms with Gasteiger partial charge in [0, 0.05) is 6.54 Å². The van der Waals surface area contributed by atoms with E-state index < -0.39 is 21.2 Å². The van der Waals surface area contributed by atoms with E-state index in [0.29, 0.717) is 5.56 Å². The van der Waals surface area contributed by atoms with Crippen LogP contribution in [0.4, 0.5) is 0 Å². The third kappa shape index (κ3) is 3.71. The van der Waals surface area contributed by atoms with Gasteiger partial charge in [0.1, 0.15) is 5.75 Å². The number of sulfonamides is 1. The fourth-order valence-corrected chi connectivity index (χ4v) is 2.18. The van der Waals surface area contributed by atoms with Gasteiger partial charge < -0.3 is 9.84 Å². The molecule has 1 unspecified atom stereocenters. The Labute approximate surface area is 106 Å². The number of methoxy groups -OCH3 is 1. The zero-order valence-corrected chi connectivity index (χ0v) is 10.9. The maximum atomic E-state index is 11.7. The molecular formula is C11H15NO5S. The zero-order chi connectivity index (χ0) is 13.8. The van der Waals surface area contributed by atoms with Gasteiger partial charge in [-0.05, 0) is 24.6 Å². The lowest BCUT2D eigenvalue weighted by Crippen LogP contribution is -2.37. The normalized spacial score (nSPS) is 13.0. The molecule has 0 spiro atoms. The number of benzene rings is 1. The third-order valence-electron chi connectivity index (χ3n) is 2.41. The van der Waals surface area contributed by atoms with Crippen LogP contribution in [0.1, 0.15) is 12.5 Å². The molecule has 1 aromatic carbocycles. The highest BCUT2D eigenvalue weighted by Crippen LogP contribution is 2.10. The number of nitrogens with one attached hydrogen (secondary N) is 1. The molecule has 0 bridgehead atoms. The number of aromatic hydroxyl groups is 1. The second-order valence-corrected chi connectivity index (χ2v) is 5.78. The Bertz CT molecular complexity index is 509. The molecule has 0 fully saturated rings. The van der Waals surface area contributed by atoms with Gasteiger partial charge in [0.25, 0.3) is 0 Å². The number of phenols is 1. The molecule has 1 atom stereocenters. The van der Waals surface area contributed by atoms with Gasteiger partial charge in [0.05, 0.1) is 7.11 Å². The van der Waals surface area contributed by atoms with E-state index in [1.54, 1.807) is 12.1 Å². The van der Waals surface area contributed by atoms with Gasteiger partial charge in [-0.2, -0.15) is 0 Å². The van der Waals surface area contributed by atoms with Gasteiger partial charge >= 0.3 is 5.97 Å². The van der Waals surface area contributed by atoms with Gasteiger partial charge in [-0.25, -0.2) is 13.1 Å². The van der Waals surface area contributed by atoms with E-state index in [1.165, 1.54) is 19.1 Å². The van der Waals surface area contributed by atoms with E-state index in [-0.39, 0.29) is 12.3 Å². The van der Waals surface area contributed by atoms with E-state index in [2.05, 4.69) is 9.46 Å². The van der Waals surface area contributed by atoms with Crippen molar-refractivity contribution in [2.75, 3.05) is 7.11 Å². The maximum Gasteiger partial charge on any atom is 0.325 e. The standard InChI is InChI=1S/C11H15NO5S/c1-8(11(14)17-2)18(15,16)12-7-9-3-5-10(13)6-4-9/h3-6,8,12-13H,7H2,1-2H3. The molecule has 7 heteroatoms. The predicted molar refractivity (Wildman–Crippen MR) is 65.3 cm³/mol. The van der Waals surface area contributed by atoms with Crippen molar-refractivity contribution in [1.29, 1.82) is 0 Å². The highest BCUT2D eigenvalue weighted by atomic mass is 32.2. The Morgan fingerprint density at radius 1 is 1.39 bits per heavy atom. The summed E-state index contributed by atoms with van der Waals surface area (Å²) < 4.78 is 30.1. The Morgan fingerprint density at radius 3 is 2.44 bits per heavy atom. The van der Waals surface area contributed by atoms with E-state index >= 15 is 0 Å². The molecule has 0 aliphatic heterocycles. The lowest BCUT2D eigenvalue weighted by atomic mass is 10.2. The summed E-state index contributed by atoms with van der Waals surface area (Å²) in [4.78, 5) is 11.1. The van der Waals surface area contributed by atoms with Crippen molar-refractivity contribution in [3.8, 4) is 5.75 Å².